The average molecular weight is 272 g/mol. The van der Waals surface area contributed by atoms with Crippen LogP contribution in [0.3, 0.4) is 0 Å². The summed E-state index contributed by atoms with van der Waals surface area (Å²) in [5.74, 6) is 0.885. The average Bonchev–Trinajstić information content (AvgIpc) is 2.93. The number of halogens is 1. The van der Waals surface area contributed by atoms with Gasteiger partial charge in [0.15, 0.2) is 5.78 Å². The van der Waals surface area contributed by atoms with Crippen molar-refractivity contribution >= 4 is 21.7 Å². The van der Waals surface area contributed by atoms with Crippen LogP contribution < -0.4 is 5.32 Å². The standard InChI is InChI=1S/C10H14BrN3O/c1-14-10(8(11)5-13-14)9(15)6-12-4-7-2-3-7/h5,7,12H,2-4,6H2,1H3. The number of carbonyl (C=O) groups is 1. The molecular formula is C10H14BrN3O. The van der Waals surface area contributed by atoms with E-state index in [-0.39, 0.29) is 5.78 Å². The summed E-state index contributed by atoms with van der Waals surface area (Å²) in [5, 5.41) is 7.19. The van der Waals surface area contributed by atoms with Gasteiger partial charge in [-0.3, -0.25) is 9.48 Å². The van der Waals surface area contributed by atoms with Crippen LogP contribution in [0.4, 0.5) is 0 Å². The van der Waals surface area contributed by atoms with Gasteiger partial charge in [-0.25, -0.2) is 0 Å². The van der Waals surface area contributed by atoms with E-state index in [9.17, 15) is 4.79 Å². The molecule has 1 heterocycles. The highest BCUT2D eigenvalue weighted by Crippen LogP contribution is 2.27. The molecule has 4 nitrogen and oxygen atoms in total. The van der Waals surface area contributed by atoms with Crippen molar-refractivity contribution in [1.82, 2.24) is 15.1 Å². The number of ketones is 1. The summed E-state index contributed by atoms with van der Waals surface area (Å²) in [4.78, 5) is 11.8. The first-order valence-corrected chi connectivity index (χ1v) is 5.89. The predicted octanol–water partition coefficient (Wildman–Crippen LogP) is 1.36. The Morgan fingerprint density at radius 3 is 3.00 bits per heavy atom. The molecule has 0 aromatic carbocycles. The summed E-state index contributed by atoms with van der Waals surface area (Å²) in [6, 6.07) is 0. The molecule has 1 aromatic rings. The molecule has 15 heavy (non-hydrogen) atoms. The summed E-state index contributed by atoms with van der Waals surface area (Å²) >= 11 is 3.32. The minimum atomic E-state index is 0.0857. The maximum absolute atomic E-state index is 11.8. The molecule has 1 fully saturated rings. The van der Waals surface area contributed by atoms with Crippen molar-refractivity contribution < 1.29 is 4.79 Å². The number of nitrogens with zero attached hydrogens (tertiary/aromatic N) is 2. The molecule has 0 unspecified atom stereocenters. The van der Waals surface area contributed by atoms with Crippen molar-refractivity contribution in [3.8, 4) is 0 Å². The Hall–Kier alpha value is -0.680. The van der Waals surface area contributed by atoms with Gasteiger partial charge < -0.3 is 5.32 Å². The fourth-order valence-corrected chi connectivity index (χ4v) is 2.09. The SMILES string of the molecule is Cn1ncc(Br)c1C(=O)CNCC1CC1. The fourth-order valence-electron chi connectivity index (χ4n) is 1.52. The minimum absolute atomic E-state index is 0.0857. The van der Waals surface area contributed by atoms with E-state index < -0.39 is 0 Å². The van der Waals surface area contributed by atoms with Crippen LogP contribution in [0.2, 0.25) is 0 Å². The molecule has 1 saturated carbocycles. The van der Waals surface area contributed by atoms with Crippen LogP contribution in [0.1, 0.15) is 23.3 Å². The molecular weight excluding hydrogens is 258 g/mol. The molecule has 0 saturated heterocycles. The lowest BCUT2D eigenvalue weighted by Crippen LogP contribution is -2.26. The fraction of sp³-hybridized carbons (Fsp3) is 0.600. The van der Waals surface area contributed by atoms with E-state index in [0.717, 1.165) is 16.9 Å². The lowest BCUT2D eigenvalue weighted by Gasteiger charge is -2.03. The van der Waals surface area contributed by atoms with Crippen molar-refractivity contribution in [1.29, 1.82) is 0 Å². The topological polar surface area (TPSA) is 46.9 Å². The van der Waals surface area contributed by atoms with Gasteiger partial charge in [-0.15, -0.1) is 0 Å². The highest BCUT2D eigenvalue weighted by Gasteiger charge is 2.21. The highest BCUT2D eigenvalue weighted by atomic mass is 79.9. The number of aromatic nitrogens is 2. The van der Waals surface area contributed by atoms with Gasteiger partial charge in [-0.05, 0) is 41.2 Å². The summed E-state index contributed by atoms with van der Waals surface area (Å²) in [5.41, 5.74) is 0.637. The lowest BCUT2D eigenvalue weighted by atomic mass is 10.3. The Kier molecular flexibility index (Phi) is 3.21. The Labute approximate surface area is 97.2 Å². The summed E-state index contributed by atoms with van der Waals surface area (Å²) in [7, 11) is 1.78. The van der Waals surface area contributed by atoms with Gasteiger partial charge in [-0.1, -0.05) is 0 Å². The summed E-state index contributed by atoms with van der Waals surface area (Å²) < 4.78 is 2.37. The number of Topliss-reactive ketones (excluding diaryl/α,β-unsaturated/α-hetero) is 1. The highest BCUT2D eigenvalue weighted by molar-refractivity contribution is 9.10. The molecule has 1 aromatic heterocycles. The molecule has 0 radical (unpaired) electrons. The first-order valence-electron chi connectivity index (χ1n) is 5.10. The first-order chi connectivity index (χ1) is 7.18. The number of hydrogen-bond acceptors (Lipinski definition) is 3. The van der Waals surface area contributed by atoms with Crippen molar-refractivity contribution in [2.75, 3.05) is 13.1 Å². The van der Waals surface area contributed by atoms with Crippen molar-refractivity contribution in [3.05, 3.63) is 16.4 Å². The van der Waals surface area contributed by atoms with Gasteiger partial charge in [-0.2, -0.15) is 5.10 Å². The van der Waals surface area contributed by atoms with Crippen LogP contribution in [0.5, 0.6) is 0 Å². The second-order valence-corrected chi connectivity index (χ2v) is 4.82. The minimum Gasteiger partial charge on any atom is -0.309 e. The Bertz CT molecular complexity index is 351. The van der Waals surface area contributed by atoms with E-state index in [1.807, 2.05) is 0 Å². The van der Waals surface area contributed by atoms with Crippen molar-refractivity contribution in [2.45, 2.75) is 12.8 Å². The van der Waals surface area contributed by atoms with Gasteiger partial charge in [0.25, 0.3) is 0 Å². The number of aryl methyl sites for hydroxylation is 1. The van der Waals surface area contributed by atoms with Gasteiger partial charge in [0, 0.05) is 7.05 Å². The molecule has 5 heteroatoms. The monoisotopic (exact) mass is 271 g/mol. The van der Waals surface area contributed by atoms with E-state index in [4.69, 9.17) is 0 Å². The smallest absolute Gasteiger partial charge is 0.195 e. The molecule has 0 spiro atoms. The molecule has 0 atom stereocenters. The van der Waals surface area contributed by atoms with E-state index >= 15 is 0 Å². The largest absolute Gasteiger partial charge is 0.309 e. The summed E-state index contributed by atoms with van der Waals surface area (Å²) in [6.45, 7) is 1.36. The van der Waals surface area contributed by atoms with Crippen LogP contribution in [0.25, 0.3) is 0 Å². The lowest BCUT2D eigenvalue weighted by molar-refractivity contribution is 0.0981. The van der Waals surface area contributed by atoms with Gasteiger partial charge in [0.05, 0.1) is 17.2 Å². The Balaban J connectivity index is 1.88. The molecule has 1 N–H and O–H groups in total. The van der Waals surface area contributed by atoms with Gasteiger partial charge in [0.1, 0.15) is 5.69 Å². The number of nitrogens with one attached hydrogen (secondary N) is 1. The maximum Gasteiger partial charge on any atom is 0.195 e. The van der Waals surface area contributed by atoms with Crippen molar-refractivity contribution in [3.63, 3.8) is 0 Å². The third kappa shape index (κ3) is 2.66. The zero-order valence-electron chi connectivity index (χ0n) is 8.66. The van der Waals surface area contributed by atoms with E-state index in [1.165, 1.54) is 12.8 Å². The van der Waals surface area contributed by atoms with E-state index in [1.54, 1.807) is 17.9 Å². The van der Waals surface area contributed by atoms with E-state index in [0.29, 0.717) is 12.2 Å². The van der Waals surface area contributed by atoms with Crippen LogP contribution >= 0.6 is 15.9 Å². The molecule has 1 aliphatic carbocycles. The molecule has 2 rings (SSSR count). The quantitative estimate of drug-likeness (QED) is 0.823. The Morgan fingerprint density at radius 2 is 2.47 bits per heavy atom. The zero-order valence-corrected chi connectivity index (χ0v) is 10.2. The molecule has 0 aliphatic heterocycles. The second-order valence-electron chi connectivity index (χ2n) is 3.96. The number of hydrogen-bond donors (Lipinski definition) is 1. The Morgan fingerprint density at radius 1 is 1.73 bits per heavy atom. The molecule has 0 bridgehead atoms. The molecule has 0 amide bonds. The van der Waals surface area contributed by atoms with Crippen LogP contribution in [-0.2, 0) is 7.05 Å². The zero-order chi connectivity index (χ0) is 10.8. The normalized spacial score (nSPS) is 15.6. The molecule has 82 valence electrons. The van der Waals surface area contributed by atoms with E-state index in [2.05, 4.69) is 26.3 Å². The molecule has 1 aliphatic rings. The van der Waals surface area contributed by atoms with Crippen LogP contribution in [0.15, 0.2) is 10.7 Å². The number of rotatable bonds is 5. The predicted molar refractivity (Wildman–Crippen MR) is 60.8 cm³/mol. The first kappa shape index (κ1) is 10.8. The third-order valence-electron chi connectivity index (χ3n) is 2.57. The summed E-state index contributed by atoms with van der Waals surface area (Å²) in [6.07, 6.45) is 4.25. The maximum atomic E-state index is 11.8. The van der Waals surface area contributed by atoms with Gasteiger partial charge in [0.2, 0.25) is 0 Å². The van der Waals surface area contributed by atoms with Crippen molar-refractivity contribution in [2.24, 2.45) is 13.0 Å². The van der Waals surface area contributed by atoms with Crippen LogP contribution in [-0.4, -0.2) is 28.7 Å². The third-order valence-corrected chi connectivity index (χ3v) is 3.15. The van der Waals surface area contributed by atoms with Gasteiger partial charge >= 0.3 is 0 Å². The second kappa shape index (κ2) is 4.45. The number of carbonyl (C=O) groups excluding carboxylic acids is 1. The van der Waals surface area contributed by atoms with Crippen LogP contribution in [0, 0.1) is 5.92 Å².